The molecule has 0 radical (unpaired) electrons. The molecule has 8 heavy (non-hydrogen) atoms. The third-order valence-electron chi connectivity index (χ3n) is 0.562. The third kappa shape index (κ3) is 0.941. The van der Waals surface area contributed by atoms with Gasteiger partial charge in [0.05, 0.1) is 0 Å². The quantitative estimate of drug-likeness (QED) is 0.435. The predicted octanol–water partition coefficient (Wildman–Crippen LogP) is 1.18. The van der Waals surface area contributed by atoms with Gasteiger partial charge in [0.2, 0.25) is 0 Å². The van der Waals surface area contributed by atoms with Gasteiger partial charge in [-0.1, -0.05) is 11.3 Å². The van der Waals surface area contributed by atoms with E-state index in [1.807, 2.05) is 0 Å². The van der Waals surface area contributed by atoms with E-state index >= 15 is 0 Å². The van der Waals surface area contributed by atoms with Crippen LogP contribution in [0, 0.1) is 16.3 Å². The molecular weight excluding hydrogens is 140 g/mol. The Balaban J connectivity index is 3.25. The van der Waals surface area contributed by atoms with Crippen molar-refractivity contribution in [3.05, 3.63) is 8.96 Å². The molecular formula is C4H2N2S2. The topological polar surface area (TPSA) is 28.7 Å². The number of hydrogen-bond donors (Lipinski definition) is 1. The lowest BCUT2D eigenvalue weighted by Gasteiger charge is -1.63. The number of nitrogens with one attached hydrogen (secondary N) is 1. The lowest BCUT2D eigenvalue weighted by atomic mass is 10.8. The molecule has 0 aliphatic heterocycles. The van der Waals surface area contributed by atoms with E-state index in [4.69, 9.17) is 18.6 Å². The number of H-pyrrole nitrogens is 1. The minimum atomic E-state index is 0.606. The van der Waals surface area contributed by atoms with E-state index < -0.39 is 0 Å². The van der Waals surface area contributed by atoms with Crippen molar-refractivity contribution in [2.75, 3.05) is 0 Å². The molecule has 0 saturated heterocycles. The number of nitrogens with zero attached hydrogens (tertiary/aromatic N) is 1. The van der Waals surface area contributed by atoms with Crippen LogP contribution in [0.4, 0.5) is 0 Å². The molecule has 0 aromatic carbocycles. The maximum Gasteiger partial charge on any atom is 0.189 e. The van der Waals surface area contributed by atoms with E-state index in [0.29, 0.717) is 8.96 Å². The van der Waals surface area contributed by atoms with Crippen molar-refractivity contribution < 1.29 is 0 Å². The second-order valence-electron chi connectivity index (χ2n) is 1.06. The summed E-state index contributed by atoms with van der Waals surface area (Å²) in [6.45, 7) is 0. The van der Waals surface area contributed by atoms with Crippen LogP contribution in [0.15, 0.2) is 0 Å². The highest BCUT2D eigenvalue weighted by Gasteiger charge is 1.86. The first kappa shape index (κ1) is 5.48. The minimum Gasteiger partial charge on any atom is -0.257 e. The molecule has 0 amide bonds. The van der Waals surface area contributed by atoms with Gasteiger partial charge in [-0.2, -0.15) is 5.10 Å². The monoisotopic (exact) mass is 142 g/mol. The van der Waals surface area contributed by atoms with Crippen LogP contribution in [0.1, 0.15) is 5.01 Å². The molecule has 1 aromatic rings. The molecule has 0 atom stereocenters. The average Bonchev–Trinajstić information content (AvgIpc) is 2.14. The number of hydrogen-bond acceptors (Lipinski definition) is 3. The summed E-state index contributed by atoms with van der Waals surface area (Å²) in [6.07, 6.45) is 4.99. The highest BCUT2D eigenvalue weighted by atomic mass is 32.1. The van der Waals surface area contributed by atoms with Gasteiger partial charge in [0.25, 0.3) is 0 Å². The molecule has 0 aliphatic carbocycles. The van der Waals surface area contributed by atoms with E-state index in [9.17, 15) is 0 Å². The van der Waals surface area contributed by atoms with Crippen molar-refractivity contribution in [2.45, 2.75) is 0 Å². The Bertz CT molecular complexity index is 264. The third-order valence-corrected chi connectivity index (χ3v) is 1.58. The lowest BCUT2D eigenvalue weighted by molar-refractivity contribution is 1.07. The fraction of sp³-hybridized carbons (Fsp3) is 0. The van der Waals surface area contributed by atoms with E-state index in [1.165, 1.54) is 11.3 Å². The summed E-state index contributed by atoms with van der Waals surface area (Å²) in [4.78, 5) is 0. The van der Waals surface area contributed by atoms with E-state index in [1.54, 1.807) is 0 Å². The number of aromatic nitrogens is 2. The lowest BCUT2D eigenvalue weighted by Crippen LogP contribution is -1.67. The van der Waals surface area contributed by atoms with Crippen LogP contribution >= 0.6 is 23.6 Å². The smallest absolute Gasteiger partial charge is 0.189 e. The van der Waals surface area contributed by atoms with Crippen molar-refractivity contribution >= 4 is 23.6 Å². The fourth-order valence-corrected chi connectivity index (χ4v) is 0.991. The van der Waals surface area contributed by atoms with Gasteiger partial charge in [-0.3, -0.25) is 5.10 Å². The zero-order valence-corrected chi connectivity index (χ0v) is 5.47. The Labute approximate surface area is 55.6 Å². The van der Waals surface area contributed by atoms with Gasteiger partial charge < -0.3 is 0 Å². The summed E-state index contributed by atoms with van der Waals surface area (Å²) in [5.41, 5.74) is 0. The zero-order valence-electron chi connectivity index (χ0n) is 3.84. The van der Waals surface area contributed by atoms with Crippen LogP contribution < -0.4 is 0 Å². The van der Waals surface area contributed by atoms with E-state index in [0.717, 1.165) is 0 Å². The van der Waals surface area contributed by atoms with Crippen LogP contribution in [0.3, 0.4) is 0 Å². The highest BCUT2D eigenvalue weighted by Crippen LogP contribution is 2.00. The zero-order chi connectivity index (χ0) is 5.98. The molecule has 1 N–H and O–H groups in total. The SMILES string of the molecule is C#Cc1n[nH]c(=S)s1. The van der Waals surface area contributed by atoms with Crippen molar-refractivity contribution in [3.8, 4) is 12.3 Å². The first-order valence-electron chi connectivity index (χ1n) is 1.85. The average molecular weight is 142 g/mol. The minimum absolute atomic E-state index is 0.606. The maximum absolute atomic E-state index is 4.99. The number of terminal acetylenes is 1. The Hall–Kier alpha value is -0.660. The Morgan fingerprint density at radius 3 is 2.88 bits per heavy atom. The maximum atomic E-state index is 4.99. The molecule has 0 fully saturated rings. The summed E-state index contributed by atoms with van der Waals surface area (Å²) in [5, 5.41) is 6.85. The standard InChI is InChI=1S/C4H2N2S2/c1-2-3-5-6-4(7)8-3/h1H,(H,6,7). The first-order chi connectivity index (χ1) is 3.83. The molecule has 1 aromatic heterocycles. The Morgan fingerprint density at radius 2 is 2.62 bits per heavy atom. The number of rotatable bonds is 0. The Morgan fingerprint density at radius 1 is 1.88 bits per heavy atom. The van der Waals surface area contributed by atoms with Gasteiger partial charge in [-0.25, -0.2) is 0 Å². The summed E-state index contributed by atoms with van der Waals surface area (Å²) in [6, 6.07) is 0. The first-order valence-corrected chi connectivity index (χ1v) is 3.07. The summed E-state index contributed by atoms with van der Waals surface area (Å²) < 4.78 is 0.623. The van der Waals surface area contributed by atoms with Crippen LogP contribution in [0.2, 0.25) is 0 Å². The van der Waals surface area contributed by atoms with Crippen molar-refractivity contribution in [1.82, 2.24) is 10.2 Å². The summed E-state index contributed by atoms with van der Waals surface area (Å²) >= 11 is 6.00. The van der Waals surface area contributed by atoms with Crippen LogP contribution in [-0.2, 0) is 0 Å². The second-order valence-corrected chi connectivity index (χ2v) is 2.73. The number of aromatic amines is 1. The van der Waals surface area contributed by atoms with Gasteiger partial charge in [0.1, 0.15) is 0 Å². The highest BCUT2D eigenvalue weighted by molar-refractivity contribution is 7.73. The van der Waals surface area contributed by atoms with Gasteiger partial charge in [-0.05, 0) is 18.1 Å². The molecule has 1 heterocycles. The normalized spacial score (nSPS) is 8.38. The van der Waals surface area contributed by atoms with Crippen LogP contribution in [0.5, 0.6) is 0 Å². The molecule has 0 aliphatic rings. The molecule has 0 bridgehead atoms. The van der Waals surface area contributed by atoms with Crippen molar-refractivity contribution in [3.63, 3.8) is 0 Å². The Kier molecular flexibility index (Phi) is 1.42. The fourth-order valence-electron chi connectivity index (χ4n) is 0.292. The van der Waals surface area contributed by atoms with Crippen LogP contribution in [0.25, 0.3) is 0 Å². The molecule has 4 heteroatoms. The summed E-state index contributed by atoms with van der Waals surface area (Å²) in [5.74, 6) is 2.36. The molecule has 0 unspecified atom stereocenters. The largest absolute Gasteiger partial charge is 0.257 e. The van der Waals surface area contributed by atoms with Crippen molar-refractivity contribution in [2.24, 2.45) is 0 Å². The molecule has 40 valence electrons. The van der Waals surface area contributed by atoms with Gasteiger partial charge in [0, 0.05) is 0 Å². The van der Waals surface area contributed by atoms with Crippen molar-refractivity contribution in [1.29, 1.82) is 0 Å². The second kappa shape index (κ2) is 2.07. The van der Waals surface area contributed by atoms with Crippen LogP contribution in [-0.4, -0.2) is 10.2 Å². The molecule has 0 spiro atoms. The van der Waals surface area contributed by atoms with E-state index in [2.05, 4.69) is 16.1 Å². The summed E-state index contributed by atoms with van der Waals surface area (Å²) in [7, 11) is 0. The van der Waals surface area contributed by atoms with Gasteiger partial charge in [0.15, 0.2) is 8.96 Å². The molecule has 2 nitrogen and oxygen atoms in total. The molecule has 1 rings (SSSR count). The van der Waals surface area contributed by atoms with E-state index in [-0.39, 0.29) is 0 Å². The predicted molar refractivity (Wildman–Crippen MR) is 35.2 cm³/mol. The van der Waals surface area contributed by atoms with Gasteiger partial charge >= 0.3 is 0 Å². The van der Waals surface area contributed by atoms with Gasteiger partial charge in [-0.15, -0.1) is 6.42 Å². The molecule has 0 saturated carbocycles.